The smallest absolute Gasteiger partial charge is 0.319 e. The van der Waals surface area contributed by atoms with Gasteiger partial charge >= 0.3 is 12.1 Å². The number of carbonyl (C=O) groups excluding carboxylic acids is 4. The van der Waals surface area contributed by atoms with Crippen LogP contribution in [0.1, 0.15) is 18.4 Å². The van der Waals surface area contributed by atoms with Gasteiger partial charge in [-0.15, -0.1) is 0 Å². The zero-order valence-corrected chi connectivity index (χ0v) is 15.7. The van der Waals surface area contributed by atoms with E-state index in [0.717, 1.165) is 5.56 Å². The van der Waals surface area contributed by atoms with Crippen LogP contribution in [0.3, 0.4) is 0 Å². The van der Waals surface area contributed by atoms with Crippen LogP contribution < -0.4 is 31.9 Å². The Balaban J connectivity index is 2.53. The summed E-state index contributed by atoms with van der Waals surface area (Å²) in [6, 6.07) is 4.16. The van der Waals surface area contributed by atoms with E-state index in [1.54, 1.807) is 18.2 Å². The van der Waals surface area contributed by atoms with Gasteiger partial charge in [0.05, 0.1) is 0 Å². The molecule has 1 aromatic rings. The van der Waals surface area contributed by atoms with E-state index in [0.29, 0.717) is 11.4 Å². The summed E-state index contributed by atoms with van der Waals surface area (Å²) >= 11 is 0. The first-order valence-corrected chi connectivity index (χ1v) is 8.47. The first kappa shape index (κ1) is 21.7. The molecule has 0 saturated heterocycles. The number of benzene rings is 1. The quantitative estimate of drug-likeness (QED) is 0.392. The van der Waals surface area contributed by atoms with Crippen LogP contribution in [-0.4, -0.2) is 51.1 Å². The molecule has 0 saturated carbocycles. The molecule has 6 N–H and O–H groups in total. The maximum atomic E-state index is 11.9. The molecule has 0 heterocycles. The van der Waals surface area contributed by atoms with Crippen LogP contribution in [0.2, 0.25) is 0 Å². The Bertz CT molecular complexity index is 692. The Hall–Kier alpha value is -3.30. The molecule has 0 aromatic heterocycles. The Morgan fingerprint density at radius 1 is 0.815 bits per heavy atom. The number of amides is 6. The topological polar surface area (TPSA) is 140 Å². The van der Waals surface area contributed by atoms with Crippen molar-refractivity contribution >= 4 is 35.3 Å². The van der Waals surface area contributed by atoms with Crippen LogP contribution in [0.5, 0.6) is 0 Å². The summed E-state index contributed by atoms with van der Waals surface area (Å²) in [5.74, 6) is -0.334. The van der Waals surface area contributed by atoms with Gasteiger partial charge in [-0.25, -0.2) is 9.59 Å². The van der Waals surface area contributed by atoms with Crippen LogP contribution >= 0.6 is 0 Å². The number of anilines is 2. The van der Waals surface area contributed by atoms with Gasteiger partial charge in [0, 0.05) is 51.4 Å². The molecule has 0 radical (unpaired) electrons. The van der Waals surface area contributed by atoms with Gasteiger partial charge in [-0.05, 0) is 24.6 Å². The van der Waals surface area contributed by atoms with Crippen LogP contribution in [0.25, 0.3) is 0 Å². The third kappa shape index (κ3) is 8.56. The Kier molecular flexibility index (Phi) is 9.13. The maximum absolute atomic E-state index is 11.9. The molecule has 0 unspecified atom stereocenters. The zero-order valence-electron chi connectivity index (χ0n) is 15.7. The average Bonchev–Trinajstić information content (AvgIpc) is 2.64. The highest BCUT2D eigenvalue weighted by Gasteiger charge is 2.08. The molecule has 148 valence electrons. The summed E-state index contributed by atoms with van der Waals surface area (Å²) in [7, 11) is 3.05. The number of urea groups is 2. The monoisotopic (exact) mass is 378 g/mol. The summed E-state index contributed by atoms with van der Waals surface area (Å²) in [6.45, 7) is 2.22. The van der Waals surface area contributed by atoms with Gasteiger partial charge in [-0.2, -0.15) is 0 Å². The highest BCUT2D eigenvalue weighted by Crippen LogP contribution is 2.20. The fourth-order valence-electron chi connectivity index (χ4n) is 2.01. The van der Waals surface area contributed by atoms with Crippen molar-refractivity contribution in [2.75, 3.05) is 37.8 Å². The van der Waals surface area contributed by atoms with E-state index >= 15 is 0 Å². The molecule has 0 aliphatic rings. The molecule has 6 amide bonds. The minimum absolute atomic E-state index is 0.167. The molecule has 27 heavy (non-hydrogen) atoms. The highest BCUT2D eigenvalue weighted by atomic mass is 16.2. The van der Waals surface area contributed by atoms with E-state index in [1.165, 1.54) is 14.1 Å². The van der Waals surface area contributed by atoms with Crippen LogP contribution in [0, 0.1) is 6.92 Å². The lowest BCUT2D eigenvalue weighted by molar-refractivity contribution is -0.121. The van der Waals surface area contributed by atoms with Gasteiger partial charge in [-0.1, -0.05) is 6.07 Å². The molecule has 0 atom stereocenters. The van der Waals surface area contributed by atoms with Crippen LogP contribution in [0.4, 0.5) is 21.0 Å². The van der Waals surface area contributed by atoms with Crippen molar-refractivity contribution in [3.05, 3.63) is 23.8 Å². The fraction of sp³-hybridized carbons (Fsp3) is 0.412. The number of carbonyl (C=O) groups is 4. The third-order valence-corrected chi connectivity index (χ3v) is 3.58. The van der Waals surface area contributed by atoms with Crippen molar-refractivity contribution in [2.45, 2.75) is 19.8 Å². The summed E-state index contributed by atoms with van der Waals surface area (Å²) in [4.78, 5) is 46.0. The normalized spacial score (nSPS) is 9.74. The van der Waals surface area contributed by atoms with Gasteiger partial charge in [0.1, 0.15) is 0 Å². The lowest BCUT2D eigenvalue weighted by Crippen LogP contribution is -2.33. The number of hydrogen-bond acceptors (Lipinski definition) is 4. The molecule has 1 aromatic carbocycles. The zero-order chi connectivity index (χ0) is 20.2. The van der Waals surface area contributed by atoms with Gasteiger partial charge in [-0.3, -0.25) is 9.59 Å². The van der Waals surface area contributed by atoms with Crippen molar-refractivity contribution in [2.24, 2.45) is 0 Å². The second kappa shape index (κ2) is 11.3. The standard InChI is InChI=1S/C17H26N6O4/c1-11-4-5-12(22-16(26)20-8-6-14(24)18-2)10-13(11)23-17(27)21-9-7-15(25)19-3/h4-5,10H,6-9H2,1-3H3,(H,18,24)(H,19,25)(H2,20,22,26)(H2,21,23,27). The molecule has 0 spiro atoms. The highest BCUT2D eigenvalue weighted by molar-refractivity contribution is 5.93. The maximum Gasteiger partial charge on any atom is 0.319 e. The fourth-order valence-corrected chi connectivity index (χ4v) is 2.01. The molecular formula is C17H26N6O4. The van der Waals surface area contributed by atoms with Gasteiger partial charge in [0.15, 0.2) is 0 Å². The van der Waals surface area contributed by atoms with Crippen molar-refractivity contribution in [3.63, 3.8) is 0 Å². The number of nitrogens with one attached hydrogen (secondary N) is 6. The lowest BCUT2D eigenvalue weighted by Gasteiger charge is -2.13. The molecule has 0 fully saturated rings. The average molecular weight is 378 g/mol. The predicted octanol–water partition coefficient (Wildman–Crippen LogP) is 0.510. The Labute approximate surface area is 157 Å². The van der Waals surface area contributed by atoms with E-state index in [9.17, 15) is 19.2 Å². The van der Waals surface area contributed by atoms with Crippen molar-refractivity contribution in [1.82, 2.24) is 21.3 Å². The van der Waals surface area contributed by atoms with E-state index in [4.69, 9.17) is 0 Å². The second-order valence-electron chi connectivity index (χ2n) is 5.64. The molecular weight excluding hydrogens is 352 g/mol. The summed E-state index contributed by atoms with van der Waals surface area (Å²) in [5.41, 5.74) is 1.82. The largest absolute Gasteiger partial charge is 0.359 e. The molecule has 10 nitrogen and oxygen atoms in total. The van der Waals surface area contributed by atoms with Gasteiger partial charge in [0.2, 0.25) is 11.8 Å². The first-order chi connectivity index (χ1) is 12.8. The summed E-state index contributed by atoms with van der Waals surface area (Å²) in [6.07, 6.45) is 0.363. The molecule has 0 bridgehead atoms. The van der Waals surface area contributed by atoms with Gasteiger partial charge < -0.3 is 31.9 Å². The van der Waals surface area contributed by atoms with Crippen molar-refractivity contribution in [3.8, 4) is 0 Å². The van der Waals surface area contributed by atoms with Crippen molar-refractivity contribution in [1.29, 1.82) is 0 Å². The molecule has 10 heteroatoms. The van der Waals surface area contributed by atoms with E-state index < -0.39 is 12.1 Å². The number of aryl methyl sites for hydroxylation is 1. The van der Waals surface area contributed by atoms with Crippen LogP contribution in [-0.2, 0) is 9.59 Å². The minimum atomic E-state index is -0.455. The molecule has 0 aliphatic heterocycles. The lowest BCUT2D eigenvalue weighted by atomic mass is 10.2. The Morgan fingerprint density at radius 3 is 1.85 bits per heavy atom. The Morgan fingerprint density at radius 2 is 1.33 bits per heavy atom. The molecule has 0 aliphatic carbocycles. The SMILES string of the molecule is CNC(=O)CCNC(=O)Nc1ccc(C)c(NC(=O)NCCC(=O)NC)c1. The van der Waals surface area contributed by atoms with Gasteiger partial charge in [0.25, 0.3) is 0 Å². The van der Waals surface area contributed by atoms with Crippen molar-refractivity contribution < 1.29 is 19.2 Å². The van der Waals surface area contributed by atoms with E-state index in [-0.39, 0.29) is 37.7 Å². The summed E-state index contributed by atoms with van der Waals surface area (Å²) < 4.78 is 0. The predicted molar refractivity (Wildman–Crippen MR) is 103 cm³/mol. The first-order valence-electron chi connectivity index (χ1n) is 8.47. The van der Waals surface area contributed by atoms with Crippen LogP contribution in [0.15, 0.2) is 18.2 Å². The van der Waals surface area contributed by atoms with E-state index in [1.807, 2.05) is 6.92 Å². The summed E-state index contributed by atoms with van der Waals surface area (Å²) in [5, 5.41) is 15.4. The number of rotatable bonds is 8. The third-order valence-electron chi connectivity index (χ3n) is 3.58. The second-order valence-corrected chi connectivity index (χ2v) is 5.64. The molecule has 1 rings (SSSR count). The van der Waals surface area contributed by atoms with E-state index in [2.05, 4.69) is 31.9 Å². The number of hydrogen-bond donors (Lipinski definition) is 6. The minimum Gasteiger partial charge on any atom is -0.359 e.